The van der Waals surface area contributed by atoms with Gasteiger partial charge < -0.3 is 56.8 Å². The zero-order chi connectivity index (χ0) is 35.4. The smallest absolute Gasteiger partial charge is 0.231 e. The third-order valence-corrected chi connectivity index (χ3v) is 8.86. The quantitative estimate of drug-likeness (QED) is 0.137. The summed E-state index contributed by atoms with van der Waals surface area (Å²) in [7, 11) is 12.8. The van der Waals surface area contributed by atoms with Crippen LogP contribution in [0.4, 0.5) is 0 Å². The summed E-state index contributed by atoms with van der Waals surface area (Å²) < 4.78 is 69.4. The van der Waals surface area contributed by atoms with Gasteiger partial charge in [-0.05, 0) is 84.3 Å². The van der Waals surface area contributed by atoms with Crippen molar-refractivity contribution in [2.24, 2.45) is 0 Å². The van der Waals surface area contributed by atoms with E-state index >= 15 is 0 Å². The van der Waals surface area contributed by atoms with Gasteiger partial charge in [-0.2, -0.15) is 0 Å². The summed E-state index contributed by atoms with van der Waals surface area (Å²) in [5.41, 5.74) is 5.41. The molecule has 0 fully saturated rings. The topological polar surface area (TPSA) is 111 Å². The maximum atomic E-state index is 6.07. The molecule has 0 saturated heterocycles. The van der Waals surface area contributed by atoms with E-state index in [1.807, 2.05) is 24.3 Å². The van der Waals surface area contributed by atoms with Gasteiger partial charge in [-0.25, -0.2) is 0 Å². The minimum atomic E-state index is 0.0543. The summed E-state index contributed by atoms with van der Waals surface area (Å²) in [6.07, 6.45) is 2.50. The molecule has 0 aliphatic carbocycles. The van der Waals surface area contributed by atoms with Crippen molar-refractivity contribution in [1.82, 2.24) is 0 Å². The lowest BCUT2D eigenvalue weighted by atomic mass is 9.93. The highest BCUT2D eigenvalue weighted by Gasteiger charge is 2.33. The Kier molecular flexibility index (Phi) is 10.3. The van der Waals surface area contributed by atoms with Crippen LogP contribution in [0.5, 0.6) is 69.0 Å². The summed E-state index contributed by atoms with van der Waals surface area (Å²) in [4.78, 5) is 0. The zero-order valence-electron chi connectivity index (χ0n) is 29.6. The SMILES string of the molecule is COc1cc(CCc2cc(-c3cc(CCc4cc(OC)c(OC)c(OC)c4)c(OC)c4c3OCO4)c3c(c2OC)OCO3)cc(OC)c1OC. The van der Waals surface area contributed by atoms with Crippen LogP contribution in [0.1, 0.15) is 22.3 Å². The summed E-state index contributed by atoms with van der Waals surface area (Å²) in [6.45, 7) is 0.109. The number of rotatable bonds is 15. The molecule has 0 aromatic heterocycles. The first-order valence-electron chi connectivity index (χ1n) is 16.0. The minimum Gasteiger partial charge on any atom is -0.493 e. The molecule has 2 heterocycles. The average Bonchev–Trinajstić information content (AvgIpc) is 3.85. The van der Waals surface area contributed by atoms with E-state index in [2.05, 4.69) is 12.1 Å². The standard InChI is InChI=1S/C38H42O12/c1-39-27-13-21(14-28(40-2)35(27)45-7)9-11-23-17-25(33-37(31(23)43-5)49-19-47-33)26-18-24(32(44-6)38-34(26)48-20-50-38)12-10-22-15-29(41-3)36(46-8)30(16-22)42-4/h13-18H,9-12,19-20H2,1-8H3. The maximum Gasteiger partial charge on any atom is 0.231 e. The van der Waals surface area contributed by atoms with Gasteiger partial charge >= 0.3 is 0 Å². The molecule has 6 rings (SSSR count). The fourth-order valence-electron chi connectivity index (χ4n) is 6.53. The highest BCUT2D eigenvalue weighted by atomic mass is 16.7. The average molecular weight is 691 g/mol. The van der Waals surface area contributed by atoms with Crippen LogP contribution in [0.2, 0.25) is 0 Å². The fourth-order valence-corrected chi connectivity index (χ4v) is 6.53. The molecule has 50 heavy (non-hydrogen) atoms. The van der Waals surface area contributed by atoms with Crippen LogP contribution in [-0.2, 0) is 25.7 Å². The molecule has 0 bridgehead atoms. The highest BCUT2D eigenvalue weighted by molar-refractivity contribution is 5.86. The number of hydrogen-bond donors (Lipinski definition) is 0. The van der Waals surface area contributed by atoms with E-state index in [-0.39, 0.29) is 13.6 Å². The normalized spacial score (nSPS) is 12.4. The molecule has 0 N–H and O–H groups in total. The molecule has 2 aliphatic rings. The second kappa shape index (κ2) is 14.9. The lowest BCUT2D eigenvalue weighted by Gasteiger charge is -2.19. The van der Waals surface area contributed by atoms with Crippen LogP contribution in [0.15, 0.2) is 36.4 Å². The van der Waals surface area contributed by atoms with E-state index in [4.69, 9.17) is 56.8 Å². The first kappa shape index (κ1) is 34.3. The van der Waals surface area contributed by atoms with E-state index in [9.17, 15) is 0 Å². The van der Waals surface area contributed by atoms with Crippen molar-refractivity contribution in [3.05, 3.63) is 58.7 Å². The number of methoxy groups -OCH3 is 8. The van der Waals surface area contributed by atoms with Gasteiger partial charge in [0.05, 0.1) is 56.9 Å². The molecule has 4 aromatic rings. The van der Waals surface area contributed by atoms with Gasteiger partial charge in [0, 0.05) is 11.1 Å². The van der Waals surface area contributed by atoms with E-state index in [1.165, 1.54) is 0 Å². The van der Waals surface area contributed by atoms with Gasteiger partial charge in [-0.15, -0.1) is 0 Å². The minimum absolute atomic E-state index is 0.0543. The first-order chi connectivity index (χ1) is 24.4. The highest BCUT2D eigenvalue weighted by Crippen LogP contribution is 2.56. The Morgan fingerprint density at radius 3 is 1.00 bits per heavy atom. The molecule has 0 amide bonds. The molecule has 4 aromatic carbocycles. The molecule has 0 radical (unpaired) electrons. The van der Waals surface area contributed by atoms with Crippen LogP contribution < -0.4 is 56.8 Å². The van der Waals surface area contributed by atoms with Crippen molar-refractivity contribution in [2.75, 3.05) is 70.5 Å². The Hall–Kier alpha value is -5.52. The molecular formula is C38H42O12. The molecule has 0 saturated carbocycles. The van der Waals surface area contributed by atoms with Crippen molar-refractivity contribution in [1.29, 1.82) is 0 Å². The molecule has 0 atom stereocenters. The van der Waals surface area contributed by atoms with Gasteiger partial charge in [-0.1, -0.05) is 0 Å². The molecule has 12 heteroatoms. The third-order valence-electron chi connectivity index (χ3n) is 8.86. The van der Waals surface area contributed by atoms with Crippen LogP contribution >= 0.6 is 0 Å². The lowest BCUT2D eigenvalue weighted by Crippen LogP contribution is -2.02. The first-order valence-corrected chi connectivity index (χ1v) is 16.0. The maximum absolute atomic E-state index is 6.07. The van der Waals surface area contributed by atoms with E-state index in [0.717, 1.165) is 33.4 Å². The van der Waals surface area contributed by atoms with Gasteiger partial charge in [0.2, 0.25) is 36.6 Å². The summed E-state index contributed by atoms with van der Waals surface area (Å²) in [6, 6.07) is 11.9. The van der Waals surface area contributed by atoms with Crippen LogP contribution in [0, 0.1) is 0 Å². The molecular weight excluding hydrogens is 648 g/mol. The Bertz CT molecular complexity index is 1680. The largest absolute Gasteiger partial charge is 0.493 e. The number of benzene rings is 4. The third kappa shape index (κ3) is 6.21. The van der Waals surface area contributed by atoms with Crippen molar-refractivity contribution in [3.63, 3.8) is 0 Å². The second-order valence-corrected chi connectivity index (χ2v) is 11.4. The van der Waals surface area contributed by atoms with Gasteiger partial charge in [0.1, 0.15) is 0 Å². The van der Waals surface area contributed by atoms with Gasteiger partial charge in [0.15, 0.2) is 46.0 Å². The van der Waals surface area contributed by atoms with Crippen molar-refractivity contribution in [3.8, 4) is 80.1 Å². The predicted molar refractivity (Wildman–Crippen MR) is 184 cm³/mol. The van der Waals surface area contributed by atoms with Gasteiger partial charge in [0.25, 0.3) is 0 Å². The number of hydrogen-bond acceptors (Lipinski definition) is 12. The summed E-state index contributed by atoms with van der Waals surface area (Å²) in [5.74, 6) is 6.85. The van der Waals surface area contributed by atoms with E-state index < -0.39 is 0 Å². The monoisotopic (exact) mass is 690 g/mol. The lowest BCUT2D eigenvalue weighted by molar-refractivity contribution is 0.170. The zero-order valence-corrected chi connectivity index (χ0v) is 29.6. The van der Waals surface area contributed by atoms with Crippen LogP contribution in [0.3, 0.4) is 0 Å². The number of fused-ring (bicyclic) bond motifs is 2. The Labute approximate surface area is 291 Å². The van der Waals surface area contributed by atoms with E-state index in [1.54, 1.807) is 56.9 Å². The van der Waals surface area contributed by atoms with Crippen molar-refractivity contribution in [2.45, 2.75) is 25.7 Å². The number of aryl methyl sites for hydroxylation is 4. The van der Waals surface area contributed by atoms with Crippen LogP contribution in [0.25, 0.3) is 11.1 Å². The van der Waals surface area contributed by atoms with E-state index in [0.29, 0.717) is 94.7 Å². The molecule has 12 nitrogen and oxygen atoms in total. The Balaban J connectivity index is 1.40. The second-order valence-electron chi connectivity index (χ2n) is 11.4. The Morgan fingerprint density at radius 1 is 0.380 bits per heavy atom. The Morgan fingerprint density at radius 2 is 0.700 bits per heavy atom. The predicted octanol–water partition coefficient (Wildman–Crippen LogP) is 6.45. The number of ether oxygens (including phenoxy) is 12. The van der Waals surface area contributed by atoms with Crippen LogP contribution in [-0.4, -0.2) is 70.5 Å². The summed E-state index contributed by atoms with van der Waals surface area (Å²) in [5, 5.41) is 0. The molecule has 0 unspecified atom stereocenters. The summed E-state index contributed by atoms with van der Waals surface area (Å²) >= 11 is 0. The van der Waals surface area contributed by atoms with Crippen molar-refractivity contribution >= 4 is 0 Å². The van der Waals surface area contributed by atoms with Gasteiger partial charge in [-0.3, -0.25) is 0 Å². The fraction of sp³-hybridized carbons (Fsp3) is 0.368. The molecule has 0 spiro atoms. The molecule has 266 valence electrons. The molecule has 2 aliphatic heterocycles. The van der Waals surface area contributed by atoms with Crippen molar-refractivity contribution < 1.29 is 56.8 Å².